The van der Waals surface area contributed by atoms with Crippen molar-refractivity contribution in [3.05, 3.63) is 60.3 Å². The molecule has 0 aliphatic carbocycles. The van der Waals surface area contributed by atoms with Crippen LogP contribution in [0.15, 0.2) is 59.1 Å². The molecule has 0 fully saturated rings. The van der Waals surface area contributed by atoms with Gasteiger partial charge >= 0.3 is 0 Å². The maximum atomic E-state index is 9.42. The molecule has 0 amide bonds. The van der Waals surface area contributed by atoms with Crippen LogP contribution < -0.4 is 0 Å². The minimum absolute atomic E-state index is 0.550. The Morgan fingerprint density at radius 3 is 2.76 bits per heavy atom. The fourth-order valence-corrected chi connectivity index (χ4v) is 3.69. The van der Waals surface area contributed by atoms with Crippen molar-refractivity contribution in [3.63, 3.8) is 0 Å². The zero-order valence-electron chi connectivity index (χ0n) is 13.7. The molecule has 0 aliphatic heterocycles. The average molecular weight is 346 g/mol. The second-order valence-electron chi connectivity index (χ2n) is 5.69. The van der Waals surface area contributed by atoms with Crippen LogP contribution in [0.2, 0.25) is 0 Å². The van der Waals surface area contributed by atoms with E-state index in [-0.39, 0.29) is 0 Å². The molecule has 0 aliphatic rings. The molecule has 0 unspecified atom stereocenters. The highest BCUT2D eigenvalue weighted by atomic mass is 32.2. The normalized spacial score (nSPS) is 10.9. The zero-order chi connectivity index (χ0) is 17.4. The second-order valence-corrected chi connectivity index (χ2v) is 6.72. The quantitative estimate of drug-likeness (QED) is 0.568. The van der Waals surface area contributed by atoms with Crippen LogP contribution in [-0.4, -0.2) is 24.4 Å². The third kappa shape index (κ3) is 2.77. The molecule has 6 nitrogen and oxygen atoms in total. The summed E-state index contributed by atoms with van der Waals surface area (Å²) in [6, 6.07) is 8.23. The molecule has 0 atom stereocenters. The minimum Gasteiger partial charge on any atom is -0.275 e. The number of nitrogens with zero attached hydrogens (tertiary/aromatic N) is 6. The Balaban J connectivity index is 1.92. The van der Waals surface area contributed by atoms with Crippen molar-refractivity contribution in [2.75, 3.05) is 0 Å². The molecule has 0 N–H and O–H groups in total. The summed E-state index contributed by atoms with van der Waals surface area (Å²) in [7, 11) is 1.89. The van der Waals surface area contributed by atoms with Gasteiger partial charge in [0.15, 0.2) is 0 Å². The second kappa shape index (κ2) is 6.07. The molecule has 0 aromatic carbocycles. The third-order valence-electron chi connectivity index (χ3n) is 3.90. The van der Waals surface area contributed by atoms with Crippen molar-refractivity contribution in [3.8, 4) is 17.2 Å². The number of rotatable bonds is 3. The maximum Gasteiger partial charge on any atom is 0.104 e. The monoisotopic (exact) mass is 346 g/mol. The molecule has 4 heterocycles. The molecule has 0 saturated carbocycles. The van der Waals surface area contributed by atoms with Crippen molar-refractivity contribution in [2.24, 2.45) is 7.05 Å². The molecular formula is C18H14N6S. The summed E-state index contributed by atoms with van der Waals surface area (Å²) < 4.78 is 3.51. The molecule has 0 spiro atoms. The van der Waals surface area contributed by atoms with Gasteiger partial charge in [-0.3, -0.25) is 4.68 Å². The Hall–Kier alpha value is -3.11. The SMILES string of the molecule is Cc1cccnc1Sc1cc(-c2cnn(C)c2)cn2ncc(C#N)c12. The summed E-state index contributed by atoms with van der Waals surface area (Å²) in [5.41, 5.74) is 4.43. The summed E-state index contributed by atoms with van der Waals surface area (Å²) in [6.07, 6.45) is 9.06. The molecule has 4 aromatic heterocycles. The Bertz CT molecular complexity index is 1120. The Kier molecular flexibility index (Phi) is 3.75. The van der Waals surface area contributed by atoms with Gasteiger partial charge < -0.3 is 0 Å². The lowest BCUT2D eigenvalue weighted by atomic mass is 10.1. The molecule has 4 aromatic rings. The van der Waals surface area contributed by atoms with E-state index in [0.29, 0.717) is 5.56 Å². The van der Waals surface area contributed by atoms with Gasteiger partial charge in [-0.25, -0.2) is 9.50 Å². The standard InChI is InChI=1S/C18H14N6S/c1-12-4-3-5-20-18(12)25-16-6-13(15-9-21-23(2)10-15)11-24-17(16)14(7-19)8-22-24/h3-6,8-11H,1-2H3. The van der Waals surface area contributed by atoms with Crippen LogP contribution in [0.25, 0.3) is 16.6 Å². The number of hydrogen-bond acceptors (Lipinski definition) is 5. The van der Waals surface area contributed by atoms with Crippen molar-refractivity contribution >= 4 is 17.3 Å². The first-order valence-corrected chi connectivity index (χ1v) is 8.47. The summed E-state index contributed by atoms with van der Waals surface area (Å²) in [5.74, 6) is 0. The van der Waals surface area contributed by atoms with E-state index >= 15 is 0 Å². The lowest BCUT2D eigenvalue weighted by Crippen LogP contribution is -1.93. The first-order chi connectivity index (χ1) is 12.2. The first kappa shape index (κ1) is 15.4. The van der Waals surface area contributed by atoms with Gasteiger partial charge in [0.2, 0.25) is 0 Å². The number of nitriles is 1. The molecule has 122 valence electrons. The lowest BCUT2D eigenvalue weighted by molar-refractivity contribution is 0.768. The number of hydrogen-bond donors (Lipinski definition) is 0. The van der Waals surface area contributed by atoms with Gasteiger partial charge in [-0.1, -0.05) is 17.8 Å². The largest absolute Gasteiger partial charge is 0.275 e. The number of pyridine rings is 2. The van der Waals surface area contributed by atoms with E-state index in [1.54, 1.807) is 33.4 Å². The van der Waals surface area contributed by atoms with E-state index in [1.165, 1.54) is 0 Å². The highest BCUT2D eigenvalue weighted by molar-refractivity contribution is 7.99. The highest BCUT2D eigenvalue weighted by Crippen LogP contribution is 2.35. The fraction of sp³-hybridized carbons (Fsp3) is 0.111. The van der Waals surface area contributed by atoms with Crippen molar-refractivity contribution in [1.82, 2.24) is 24.4 Å². The Morgan fingerprint density at radius 2 is 2.04 bits per heavy atom. The van der Waals surface area contributed by atoms with Gasteiger partial charge in [-0.15, -0.1) is 0 Å². The molecular weight excluding hydrogens is 332 g/mol. The van der Waals surface area contributed by atoms with Crippen LogP contribution >= 0.6 is 11.8 Å². The smallest absolute Gasteiger partial charge is 0.104 e. The van der Waals surface area contributed by atoms with Crippen LogP contribution in [-0.2, 0) is 7.05 Å². The molecule has 0 radical (unpaired) electrons. The molecule has 25 heavy (non-hydrogen) atoms. The van der Waals surface area contributed by atoms with Crippen molar-refractivity contribution in [2.45, 2.75) is 16.8 Å². The Labute approximate surface area is 148 Å². The summed E-state index contributed by atoms with van der Waals surface area (Å²) in [6.45, 7) is 2.03. The van der Waals surface area contributed by atoms with E-state index in [0.717, 1.165) is 32.1 Å². The average Bonchev–Trinajstić information content (AvgIpc) is 3.23. The summed E-state index contributed by atoms with van der Waals surface area (Å²) in [5, 5.41) is 18.9. The van der Waals surface area contributed by atoms with Crippen LogP contribution in [0.4, 0.5) is 0 Å². The van der Waals surface area contributed by atoms with Crippen LogP contribution in [0.1, 0.15) is 11.1 Å². The van der Waals surface area contributed by atoms with E-state index in [4.69, 9.17) is 0 Å². The van der Waals surface area contributed by atoms with Gasteiger partial charge in [0.05, 0.1) is 23.5 Å². The predicted molar refractivity (Wildman–Crippen MR) is 95.2 cm³/mol. The summed E-state index contributed by atoms with van der Waals surface area (Å²) in [4.78, 5) is 5.40. The van der Waals surface area contributed by atoms with Crippen molar-refractivity contribution < 1.29 is 0 Å². The fourth-order valence-electron chi connectivity index (χ4n) is 2.65. The van der Waals surface area contributed by atoms with Gasteiger partial charge in [0.1, 0.15) is 11.1 Å². The van der Waals surface area contributed by atoms with E-state index in [1.807, 2.05) is 44.7 Å². The lowest BCUT2D eigenvalue weighted by Gasteiger charge is -2.09. The van der Waals surface area contributed by atoms with Gasteiger partial charge in [0, 0.05) is 41.7 Å². The van der Waals surface area contributed by atoms with E-state index in [9.17, 15) is 5.26 Å². The van der Waals surface area contributed by atoms with Crippen molar-refractivity contribution in [1.29, 1.82) is 5.26 Å². The topological polar surface area (TPSA) is 71.8 Å². The van der Waals surface area contributed by atoms with Crippen LogP contribution in [0.5, 0.6) is 0 Å². The van der Waals surface area contributed by atoms with Gasteiger partial charge in [-0.2, -0.15) is 15.5 Å². The number of fused-ring (bicyclic) bond motifs is 1. The predicted octanol–water partition coefficient (Wildman–Crippen LogP) is 3.46. The molecule has 0 bridgehead atoms. The third-order valence-corrected chi connectivity index (χ3v) is 5.06. The van der Waals surface area contributed by atoms with E-state index < -0.39 is 0 Å². The zero-order valence-corrected chi connectivity index (χ0v) is 14.5. The molecule has 7 heteroatoms. The van der Waals surface area contributed by atoms with Gasteiger partial charge in [-0.05, 0) is 24.6 Å². The van der Waals surface area contributed by atoms with Crippen LogP contribution in [0, 0.1) is 18.3 Å². The van der Waals surface area contributed by atoms with Crippen LogP contribution in [0.3, 0.4) is 0 Å². The highest BCUT2D eigenvalue weighted by Gasteiger charge is 2.15. The summed E-state index contributed by atoms with van der Waals surface area (Å²) >= 11 is 1.54. The number of aromatic nitrogens is 5. The number of aryl methyl sites for hydroxylation is 2. The minimum atomic E-state index is 0.550. The first-order valence-electron chi connectivity index (χ1n) is 7.65. The van der Waals surface area contributed by atoms with Gasteiger partial charge in [0.25, 0.3) is 0 Å². The molecule has 4 rings (SSSR count). The van der Waals surface area contributed by atoms with E-state index in [2.05, 4.69) is 27.3 Å². The maximum absolute atomic E-state index is 9.42. The molecule has 0 saturated heterocycles. The Morgan fingerprint density at radius 1 is 1.16 bits per heavy atom.